The Morgan fingerprint density at radius 3 is 2.67 bits per heavy atom. The fraction of sp³-hybridized carbons (Fsp3) is 0.333. The molecule has 1 unspecified atom stereocenters. The van der Waals surface area contributed by atoms with Crippen molar-refractivity contribution in [3.63, 3.8) is 0 Å². The van der Waals surface area contributed by atoms with E-state index in [1.54, 1.807) is 0 Å². The molecule has 100 valence electrons. The number of methoxy groups -OCH3 is 1. The molecule has 1 rings (SSSR count). The SMILES string of the molecule is COC(=O)C(C)NS(=O)(=O)c1c[nH]c(=O)c(Cl)c1. The van der Waals surface area contributed by atoms with E-state index < -0.39 is 27.6 Å². The predicted molar refractivity (Wildman–Crippen MR) is 63.9 cm³/mol. The monoisotopic (exact) mass is 294 g/mol. The van der Waals surface area contributed by atoms with Crippen molar-refractivity contribution in [1.29, 1.82) is 0 Å². The van der Waals surface area contributed by atoms with Crippen LogP contribution in [0.25, 0.3) is 0 Å². The van der Waals surface area contributed by atoms with Crippen LogP contribution in [0.2, 0.25) is 5.02 Å². The van der Waals surface area contributed by atoms with Gasteiger partial charge >= 0.3 is 5.97 Å². The van der Waals surface area contributed by atoms with Crippen LogP contribution in [-0.2, 0) is 19.6 Å². The molecule has 9 heteroatoms. The van der Waals surface area contributed by atoms with Gasteiger partial charge in [-0.3, -0.25) is 9.59 Å². The van der Waals surface area contributed by atoms with Gasteiger partial charge in [-0.1, -0.05) is 11.6 Å². The average Bonchev–Trinajstić information content (AvgIpc) is 2.30. The number of aromatic nitrogens is 1. The van der Waals surface area contributed by atoms with E-state index in [1.165, 1.54) is 6.92 Å². The molecule has 0 aliphatic rings. The van der Waals surface area contributed by atoms with Gasteiger partial charge in [-0.25, -0.2) is 8.42 Å². The molecule has 0 aromatic carbocycles. The summed E-state index contributed by atoms with van der Waals surface area (Å²) in [5.74, 6) is -0.728. The van der Waals surface area contributed by atoms with Crippen molar-refractivity contribution in [3.05, 3.63) is 27.6 Å². The predicted octanol–water partition coefficient (Wildman–Crippen LogP) is -0.132. The Kier molecular flexibility index (Phi) is 4.49. The summed E-state index contributed by atoms with van der Waals surface area (Å²) in [4.78, 5) is 24.0. The lowest BCUT2D eigenvalue weighted by atomic mass is 10.4. The summed E-state index contributed by atoms with van der Waals surface area (Å²) in [6.45, 7) is 1.33. The molecule has 7 nitrogen and oxygen atoms in total. The molecular weight excluding hydrogens is 284 g/mol. The van der Waals surface area contributed by atoms with Crippen molar-refractivity contribution >= 4 is 27.6 Å². The second-order valence-corrected chi connectivity index (χ2v) is 5.50. The number of nitrogens with one attached hydrogen (secondary N) is 2. The zero-order chi connectivity index (χ0) is 13.9. The number of rotatable bonds is 4. The third-order valence-electron chi connectivity index (χ3n) is 2.03. The summed E-state index contributed by atoms with van der Waals surface area (Å²) in [6.07, 6.45) is 0.987. The zero-order valence-corrected chi connectivity index (χ0v) is 11.1. The van der Waals surface area contributed by atoms with Gasteiger partial charge in [0.2, 0.25) is 10.0 Å². The van der Waals surface area contributed by atoms with Gasteiger partial charge in [-0.2, -0.15) is 4.72 Å². The van der Waals surface area contributed by atoms with Gasteiger partial charge in [-0.05, 0) is 13.0 Å². The van der Waals surface area contributed by atoms with Gasteiger partial charge in [-0.15, -0.1) is 0 Å². The van der Waals surface area contributed by atoms with Crippen molar-refractivity contribution in [3.8, 4) is 0 Å². The molecule has 0 bridgehead atoms. The van der Waals surface area contributed by atoms with Crippen LogP contribution in [0.3, 0.4) is 0 Å². The highest BCUT2D eigenvalue weighted by Gasteiger charge is 2.23. The highest BCUT2D eigenvalue weighted by molar-refractivity contribution is 7.89. The van der Waals surface area contributed by atoms with E-state index >= 15 is 0 Å². The Morgan fingerprint density at radius 1 is 1.56 bits per heavy atom. The van der Waals surface area contributed by atoms with Gasteiger partial charge in [0.15, 0.2) is 0 Å². The third kappa shape index (κ3) is 3.31. The molecule has 1 heterocycles. The first kappa shape index (κ1) is 14.7. The van der Waals surface area contributed by atoms with Gasteiger partial charge in [0.1, 0.15) is 11.1 Å². The van der Waals surface area contributed by atoms with Crippen molar-refractivity contribution in [2.75, 3.05) is 7.11 Å². The van der Waals surface area contributed by atoms with Crippen LogP contribution in [0.1, 0.15) is 6.92 Å². The summed E-state index contributed by atoms with van der Waals surface area (Å²) >= 11 is 5.52. The number of sulfonamides is 1. The molecule has 0 saturated carbocycles. The first-order valence-corrected chi connectivity index (χ1v) is 6.62. The first-order valence-electron chi connectivity index (χ1n) is 4.76. The van der Waals surface area contributed by atoms with Gasteiger partial charge in [0.25, 0.3) is 5.56 Å². The van der Waals surface area contributed by atoms with E-state index in [0.717, 1.165) is 19.4 Å². The molecule has 2 N–H and O–H groups in total. The van der Waals surface area contributed by atoms with Crippen LogP contribution in [0.4, 0.5) is 0 Å². The highest BCUT2D eigenvalue weighted by atomic mass is 35.5. The summed E-state index contributed by atoms with van der Waals surface area (Å²) in [6, 6.07) is -0.0575. The molecule has 1 aromatic heterocycles. The number of carbonyl (C=O) groups excluding carboxylic acids is 1. The largest absolute Gasteiger partial charge is 0.468 e. The third-order valence-corrected chi connectivity index (χ3v) is 3.83. The molecule has 0 radical (unpaired) electrons. The number of carbonyl (C=O) groups is 1. The molecule has 0 fully saturated rings. The molecule has 18 heavy (non-hydrogen) atoms. The number of esters is 1. The normalized spacial score (nSPS) is 13.1. The molecule has 0 aliphatic carbocycles. The molecule has 1 aromatic rings. The summed E-state index contributed by atoms with van der Waals surface area (Å²) in [5.41, 5.74) is -0.600. The second-order valence-electron chi connectivity index (χ2n) is 3.38. The Bertz CT molecular complexity index is 610. The lowest BCUT2D eigenvalue weighted by molar-refractivity contribution is -0.142. The van der Waals surface area contributed by atoms with Gasteiger partial charge in [0, 0.05) is 6.20 Å². The second kappa shape index (κ2) is 5.51. The Morgan fingerprint density at radius 2 is 2.17 bits per heavy atom. The number of halogens is 1. The zero-order valence-electron chi connectivity index (χ0n) is 9.56. The molecule has 0 saturated heterocycles. The average molecular weight is 295 g/mol. The van der Waals surface area contributed by atoms with Crippen LogP contribution in [0.5, 0.6) is 0 Å². The number of H-pyrrole nitrogens is 1. The lowest BCUT2D eigenvalue weighted by Crippen LogP contribution is -2.39. The first-order chi connectivity index (χ1) is 8.27. The smallest absolute Gasteiger partial charge is 0.323 e. The van der Waals surface area contributed by atoms with Crippen molar-refractivity contribution in [2.45, 2.75) is 17.9 Å². The van der Waals surface area contributed by atoms with E-state index in [9.17, 15) is 18.0 Å². The minimum Gasteiger partial charge on any atom is -0.468 e. The van der Waals surface area contributed by atoms with Crippen LogP contribution in [0, 0.1) is 0 Å². The Labute approximate surface area is 108 Å². The Hall–Kier alpha value is -1.38. The van der Waals surface area contributed by atoms with E-state index in [2.05, 4.69) is 14.4 Å². The maximum atomic E-state index is 11.8. The van der Waals surface area contributed by atoms with Crippen LogP contribution in [-0.4, -0.2) is 32.5 Å². The van der Waals surface area contributed by atoms with Crippen molar-refractivity contribution in [2.24, 2.45) is 0 Å². The lowest BCUT2D eigenvalue weighted by Gasteiger charge is -2.11. The quantitative estimate of drug-likeness (QED) is 0.753. The number of hydrogen-bond donors (Lipinski definition) is 2. The van der Waals surface area contributed by atoms with Crippen LogP contribution in [0.15, 0.2) is 22.0 Å². The van der Waals surface area contributed by atoms with E-state index in [4.69, 9.17) is 11.6 Å². The molecule has 0 spiro atoms. The number of pyridine rings is 1. The summed E-state index contributed by atoms with van der Waals surface area (Å²) in [5, 5.41) is -0.261. The maximum absolute atomic E-state index is 11.8. The highest BCUT2D eigenvalue weighted by Crippen LogP contribution is 2.11. The number of ether oxygens (including phenoxy) is 1. The van der Waals surface area contributed by atoms with E-state index in [0.29, 0.717) is 0 Å². The topological polar surface area (TPSA) is 105 Å². The molecule has 0 amide bonds. The van der Waals surface area contributed by atoms with Crippen LogP contribution >= 0.6 is 11.6 Å². The summed E-state index contributed by atoms with van der Waals surface area (Å²) in [7, 11) is -2.82. The minimum atomic E-state index is -3.96. The molecular formula is C9H11ClN2O5S. The minimum absolute atomic E-state index is 0.247. The number of aromatic amines is 1. The fourth-order valence-corrected chi connectivity index (χ4v) is 2.54. The standard InChI is InChI=1S/C9H11ClN2O5S/c1-5(9(14)17-2)12-18(15,16)6-3-7(10)8(13)11-4-6/h3-5,12H,1-2H3,(H,11,13). The fourth-order valence-electron chi connectivity index (χ4n) is 1.12. The number of hydrogen-bond acceptors (Lipinski definition) is 5. The van der Waals surface area contributed by atoms with E-state index in [1.807, 2.05) is 0 Å². The van der Waals surface area contributed by atoms with E-state index in [-0.39, 0.29) is 9.92 Å². The Balaban J connectivity index is 3.03. The van der Waals surface area contributed by atoms with Crippen molar-refractivity contribution in [1.82, 2.24) is 9.71 Å². The van der Waals surface area contributed by atoms with Crippen LogP contribution < -0.4 is 10.3 Å². The maximum Gasteiger partial charge on any atom is 0.323 e. The van der Waals surface area contributed by atoms with Gasteiger partial charge < -0.3 is 9.72 Å². The van der Waals surface area contributed by atoms with Gasteiger partial charge in [0.05, 0.1) is 12.0 Å². The molecule has 1 atom stereocenters. The summed E-state index contributed by atoms with van der Waals surface area (Å²) < 4.78 is 30.1. The molecule has 0 aliphatic heterocycles. The van der Waals surface area contributed by atoms with Crippen molar-refractivity contribution < 1.29 is 17.9 Å².